The van der Waals surface area contributed by atoms with E-state index < -0.39 is 6.10 Å². The molecule has 4 heteroatoms. The molecule has 0 fully saturated rings. The van der Waals surface area contributed by atoms with Gasteiger partial charge in [0.05, 0.1) is 12.3 Å². The van der Waals surface area contributed by atoms with Crippen LogP contribution in [0.5, 0.6) is 0 Å². The molecule has 96 valence electrons. The highest BCUT2D eigenvalue weighted by molar-refractivity contribution is 9.10. The number of rotatable bonds is 4. The zero-order chi connectivity index (χ0) is 13.1. The molecule has 0 saturated heterocycles. The molecule has 0 radical (unpaired) electrons. The summed E-state index contributed by atoms with van der Waals surface area (Å²) in [5.74, 6) is 0. The molecular weight excluding hydrogens is 292 g/mol. The van der Waals surface area contributed by atoms with E-state index in [0.29, 0.717) is 6.42 Å². The minimum atomic E-state index is -0.445. The van der Waals surface area contributed by atoms with Gasteiger partial charge in [0.25, 0.3) is 0 Å². The van der Waals surface area contributed by atoms with Crippen LogP contribution in [0, 0.1) is 6.92 Å². The van der Waals surface area contributed by atoms with Crippen molar-refractivity contribution in [2.45, 2.75) is 25.9 Å². The van der Waals surface area contributed by atoms with E-state index >= 15 is 0 Å². The fourth-order valence-corrected chi connectivity index (χ4v) is 2.52. The monoisotopic (exact) mass is 308 g/mol. The average molecular weight is 309 g/mol. The van der Waals surface area contributed by atoms with Gasteiger partial charge >= 0.3 is 0 Å². The van der Waals surface area contributed by atoms with Crippen LogP contribution in [0.15, 0.2) is 35.1 Å². The largest absolute Gasteiger partial charge is 0.388 e. The number of benzene rings is 1. The fraction of sp³-hybridized carbons (Fsp3) is 0.357. The van der Waals surface area contributed by atoms with Gasteiger partial charge in [0, 0.05) is 17.7 Å². The van der Waals surface area contributed by atoms with Crippen molar-refractivity contribution >= 4 is 15.9 Å². The van der Waals surface area contributed by atoms with Crippen molar-refractivity contribution in [2.75, 3.05) is 0 Å². The Bertz CT molecular complexity index is 536. The second kappa shape index (κ2) is 5.67. The number of aliphatic hydroxyl groups is 1. The molecule has 0 amide bonds. The van der Waals surface area contributed by atoms with E-state index in [0.717, 1.165) is 27.6 Å². The first kappa shape index (κ1) is 13.3. The second-order valence-corrected chi connectivity index (χ2v) is 5.35. The van der Waals surface area contributed by atoms with Gasteiger partial charge in [-0.3, -0.25) is 4.68 Å². The molecule has 0 aliphatic heterocycles. The molecule has 0 spiro atoms. The Balaban J connectivity index is 2.03. The third-order valence-electron chi connectivity index (χ3n) is 3.05. The zero-order valence-electron chi connectivity index (χ0n) is 10.6. The number of halogens is 1. The van der Waals surface area contributed by atoms with Gasteiger partial charge in [-0.15, -0.1) is 0 Å². The quantitative estimate of drug-likeness (QED) is 0.942. The lowest BCUT2D eigenvalue weighted by molar-refractivity contribution is 0.167. The molecule has 1 heterocycles. The van der Waals surface area contributed by atoms with Gasteiger partial charge in [-0.2, -0.15) is 5.10 Å². The van der Waals surface area contributed by atoms with Gasteiger partial charge < -0.3 is 5.11 Å². The molecule has 0 saturated carbocycles. The maximum absolute atomic E-state index is 10.2. The van der Waals surface area contributed by atoms with Crippen LogP contribution in [0.2, 0.25) is 0 Å². The zero-order valence-corrected chi connectivity index (χ0v) is 12.2. The van der Waals surface area contributed by atoms with Gasteiger partial charge in [-0.05, 0) is 36.5 Å². The van der Waals surface area contributed by atoms with Gasteiger partial charge in [-0.25, -0.2) is 0 Å². The van der Waals surface area contributed by atoms with E-state index in [-0.39, 0.29) is 0 Å². The van der Waals surface area contributed by atoms with E-state index in [9.17, 15) is 5.11 Å². The SMILES string of the molecule is Cc1cccc(C(O)CCc2cnn(C)c2)c1Br. The maximum Gasteiger partial charge on any atom is 0.0804 e. The number of nitrogens with zero attached hydrogens (tertiary/aromatic N) is 2. The summed E-state index contributed by atoms with van der Waals surface area (Å²) in [7, 11) is 1.90. The highest BCUT2D eigenvalue weighted by Crippen LogP contribution is 2.29. The Labute approximate surface area is 116 Å². The minimum Gasteiger partial charge on any atom is -0.388 e. The summed E-state index contributed by atoms with van der Waals surface area (Å²) in [5, 5.41) is 14.4. The molecule has 2 rings (SSSR count). The van der Waals surface area contributed by atoms with Crippen LogP contribution in [0.4, 0.5) is 0 Å². The van der Waals surface area contributed by atoms with E-state index in [4.69, 9.17) is 0 Å². The summed E-state index contributed by atoms with van der Waals surface area (Å²) in [6.45, 7) is 2.03. The maximum atomic E-state index is 10.2. The van der Waals surface area contributed by atoms with Crippen LogP contribution < -0.4 is 0 Å². The fourth-order valence-electron chi connectivity index (χ4n) is 1.99. The molecule has 3 nitrogen and oxygen atoms in total. The molecule has 0 aliphatic carbocycles. The summed E-state index contributed by atoms with van der Waals surface area (Å²) in [5.41, 5.74) is 3.26. The van der Waals surface area contributed by atoms with Crippen LogP contribution in [0.25, 0.3) is 0 Å². The summed E-state index contributed by atoms with van der Waals surface area (Å²) in [6.07, 6.45) is 4.92. The normalized spacial score (nSPS) is 12.7. The topological polar surface area (TPSA) is 38.1 Å². The third-order valence-corrected chi connectivity index (χ3v) is 4.13. The molecule has 1 aromatic carbocycles. The van der Waals surface area contributed by atoms with Crippen LogP contribution in [0.3, 0.4) is 0 Å². The molecule has 0 aliphatic rings. The summed E-state index contributed by atoms with van der Waals surface area (Å²) in [4.78, 5) is 0. The molecule has 18 heavy (non-hydrogen) atoms. The number of aromatic nitrogens is 2. The highest BCUT2D eigenvalue weighted by atomic mass is 79.9. The Morgan fingerprint density at radius 3 is 2.89 bits per heavy atom. The van der Waals surface area contributed by atoms with Gasteiger partial charge in [-0.1, -0.05) is 34.1 Å². The Morgan fingerprint density at radius 1 is 1.44 bits per heavy atom. The van der Waals surface area contributed by atoms with Crippen molar-refractivity contribution in [2.24, 2.45) is 7.05 Å². The number of aliphatic hydroxyl groups excluding tert-OH is 1. The van der Waals surface area contributed by atoms with Gasteiger partial charge in [0.1, 0.15) is 0 Å². The molecule has 1 unspecified atom stereocenters. The molecular formula is C14H17BrN2O. The number of aryl methyl sites for hydroxylation is 3. The Kier molecular flexibility index (Phi) is 4.19. The van der Waals surface area contributed by atoms with E-state index in [1.165, 1.54) is 0 Å². The van der Waals surface area contributed by atoms with Crippen LogP contribution in [-0.2, 0) is 13.5 Å². The van der Waals surface area contributed by atoms with Crippen molar-refractivity contribution in [3.05, 3.63) is 51.8 Å². The van der Waals surface area contributed by atoms with E-state index in [2.05, 4.69) is 21.0 Å². The lowest BCUT2D eigenvalue weighted by Crippen LogP contribution is -2.01. The van der Waals surface area contributed by atoms with E-state index in [1.54, 1.807) is 4.68 Å². The van der Waals surface area contributed by atoms with Crippen LogP contribution in [-0.4, -0.2) is 14.9 Å². The lowest BCUT2D eigenvalue weighted by Gasteiger charge is -2.13. The van der Waals surface area contributed by atoms with E-state index in [1.807, 2.05) is 44.6 Å². The molecule has 1 atom stereocenters. The Hall–Kier alpha value is -1.13. The lowest BCUT2D eigenvalue weighted by atomic mass is 10.0. The first-order valence-corrected chi connectivity index (χ1v) is 6.78. The predicted molar refractivity (Wildman–Crippen MR) is 75.4 cm³/mol. The molecule has 0 bridgehead atoms. The van der Waals surface area contributed by atoms with Gasteiger partial charge in [0.15, 0.2) is 0 Å². The predicted octanol–water partition coefficient (Wildman–Crippen LogP) is 3.16. The highest BCUT2D eigenvalue weighted by Gasteiger charge is 2.12. The van der Waals surface area contributed by atoms with Crippen molar-refractivity contribution < 1.29 is 5.11 Å². The standard InChI is InChI=1S/C14H17BrN2O/c1-10-4-3-5-12(14(10)15)13(18)7-6-11-8-16-17(2)9-11/h3-5,8-9,13,18H,6-7H2,1-2H3. The van der Waals surface area contributed by atoms with Crippen molar-refractivity contribution in [3.63, 3.8) is 0 Å². The average Bonchev–Trinajstić information content (AvgIpc) is 2.76. The molecule has 2 aromatic rings. The van der Waals surface area contributed by atoms with Gasteiger partial charge in [0.2, 0.25) is 0 Å². The minimum absolute atomic E-state index is 0.445. The summed E-state index contributed by atoms with van der Waals surface area (Å²) < 4.78 is 2.79. The first-order chi connectivity index (χ1) is 8.58. The van der Waals surface area contributed by atoms with Crippen molar-refractivity contribution in [1.82, 2.24) is 9.78 Å². The van der Waals surface area contributed by atoms with Crippen LogP contribution >= 0.6 is 15.9 Å². The smallest absolute Gasteiger partial charge is 0.0804 e. The van der Waals surface area contributed by atoms with Crippen molar-refractivity contribution in [3.8, 4) is 0 Å². The van der Waals surface area contributed by atoms with Crippen molar-refractivity contribution in [1.29, 1.82) is 0 Å². The number of hydrogen-bond acceptors (Lipinski definition) is 2. The van der Waals surface area contributed by atoms with Crippen LogP contribution in [0.1, 0.15) is 29.2 Å². The summed E-state index contributed by atoms with van der Waals surface area (Å²) in [6, 6.07) is 5.97. The first-order valence-electron chi connectivity index (χ1n) is 5.98. The molecule has 1 N–H and O–H groups in total. The Morgan fingerprint density at radius 2 is 2.22 bits per heavy atom. The molecule has 1 aromatic heterocycles. The summed E-state index contributed by atoms with van der Waals surface area (Å²) >= 11 is 3.53. The third kappa shape index (κ3) is 3.00. The second-order valence-electron chi connectivity index (χ2n) is 4.55. The number of hydrogen-bond donors (Lipinski definition) is 1.